The van der Waals surface area contributed by atoms with Gasteiger partial charge in [-0.1, -0.05) is 34.1 Å². The number of aromatic amines is 1. The Labute approximate surface area is 137 Å². The fraction of sp³-hybridized carbons (Fsp3) is 0.235. The molecule has 0 aliphatic heterocycles. The molecule has 0 saturated carbocycles. The lowest BCUT2D eigenvalue weighted by atomic mass is 10.1. The summed E-state index contributed by atoms with van der Waals surface area (Å²) in [4.78, 5) is 7.80. The first-order chi connectivity index (χ1) is 10.6. The van der Waals surface area contributed by atoms with Gasteiger partial charge in [-0.2, -0.15) is 0 Å². The average molecular weight is 362 g/mol. The molecule has 3 nitrogen and oxygen atoms in total. The summed E-state index contributed by atoms with van der Waals surface area (Å²) in [6.45, 7) is 2.68. The Morgan fingerprint density at radius 2 is 2.09 bits per heavy atom. The number of hydrogen-bond acceptors (Lipinski definition) is 2. The second-order valence-corrected chi connectivity index (χ2v) is 6.34. The maximum Gasteiger partial charge on any atom is 0.127 e. The number of rotatable bonds is 5. The van der Waals surface area contributed by atoms with Crippen LogP contribution in [0.25, 0.3) is 11.0 Å². The Hall–Kier alpha value is -1.72. The van der Waals surface area contributed by atoms with Crippen molar-refractivity contribution in [1.29, 1.82) is 0 Å². The zero-order chi connectivity index (χ0) is 15.5. The number of para-hydroxylation sites is 2. The Bertz CT molecular complexity index is 751. The Morgan fingerprint density at radius 1 is 1.27 bits per heavy atom. The van der Waals surface area contributed by atoms with Crippen molar-refractivity contribution in [2.75, 3.05) is 0 Å². The normalized spacial score (nSPS) is 12.7. The Morgan fingerprint density at radius 3 is 2.86 bits per heavy atom. The van der Waals surface area contributed by atoms with E-state index in [2.05, 4.69) is 31.2 Å². The minimum Gasteiger partial charge on any atom is -0.341 e. The number of aromatic nitrogens is 2. The second-order valence-electron chi connectivity index (χ2n) is 5.42. The van der Waals surface area contributed by atoms with Gasteiger partial charge in [0, 0.05) is 10.5 Å². The van der Waals surface area contributed by atoms with Gasteiger partial charge >= 0.3 is 0 Å². The molecule has 0 bridgehead atoms. The van der Waals surface area contributed by atoms with Gasteiger partial charge in [0.15, 0.2) is 0 Å². The summed E-state index contributed by atoms with van der Waals surface area (Å²) in [6, 6.07) is 13.3. The van der Waals surface area contributed by atoms with Gasteiger partial charge in [-0.25, -0.2) is 9.37 Å². The van der Waals surface area contributed by atoms with Crippen LogP contribution < -0.4 is 5.32 Å². The van der Waals surface area contributed by atoms with Gasteiger partial charge in [-0.05, 0) is 43.2 Å². The quantitative estimate of drug-likeness (QED) is 0.715. The fourth-order valence-corrected chi connectivity index (χ4v) is 2.78. The predicted molar refractivity (Wildman–Crippen MR) is 90.2 cm³/mol. The van der Waals surface area contributed by atoms with E-state index in [4.69, 9.17) is 0 Å². The van der Waals surface area contributed by atoms with Crippen molar-refractivity contribution in [3.05, 3.63) is 64.1 Å². The summed E-state index contributed by atoms with van der Waals surface area (Å²) >= 11 is 3.27. The molecule has 0 aliphatic carbocycles. The van der Waals surface area contributed by atoms with E-state index >= 15 is 0 Å². The van der Waals surface area contributed by atoms with E-state index < -0.39 is 0 Å². The number of halogens is 2. The molecule has 2 aromatic carbocycles. The highest BCUT2D eigenvalue weighted by molar-refractivity contribution is 9.10. The van der Waals surface area contributed by atoms with E-state index in [0.717, 1.165) is 21.3 Å². The topological polar surface area (TPSA) is 40.7 Å². The summed E-state index contributed by atoms with van der Waals surface area (Å²) in [7, 11) is 0. The summed E-state index contributed by atoms with van der Waals surface area (Å²) in [5.41, 5.74) is 2.71. The van der Waals surface area contributed by atoms with Gasteiger partial charge in [0.25, 0.3) is 0 Å². The summed E-state index contributed by atoms with van der Waals surface area (Å²) in [5.74, 6) is 0.719. The van der Waals surface area contributed by atoms with Gasteiger partial charge < -0.3 is 10.3 Å². The Balaban J connectivity index is 1.60. The summed E-state index contributed by atoms with van der Waals surface area (Å²) in [5, 5.41) is 3.38. The van der Waals surface area contributed by atoms with Crippen molar-refractivity contribution in [3.63, 3.8) is 0 Å². The number of H-pyrrole nitrogens is 1. The molecule has 0 aliphatic rings. The van der Waals surface area contributed by atoms with Crippen LogP contribution in [-0.2, 0) is 13.0 Å². The lowest BCUT2D eigenvalue weighted by Gasteiger charge is -2.13. The first-order valence-corrected chi connectivity index (χ1v) is 8.02. The van der Waals surface area contributed by atoms with Gasteiger partial charge in [0.2, 0.25) is 0 Å². The molecule has 0 radical (unpaired) electrons. The van der Waals surface area contributed by atoms with Crippen LogP contribution in [0.15, 0.2) is 46.9 Å². The molecule has 0 spiro atoms. The van der Waals surface area contributed by atoms with Crippen molar-refractivity contribution in [2.24, 2.45) is 0 Å². The van der Waals surface area contributed by atoms with Crippen LogP contribution >= 0.6 is 15.9 Å². The van der Waals surface area contributed by atoms with Crippen molar-refractivity contribution < 1.29 is 4.39 Å². The number of hydrogen-bond donors (Lipinski definition) is 2. The summed E-state index contributed by atoms with van der Waals surface area (Å²) in [6.07, 6.45) is 0.638. The smallest absolute Gasteiger partial charge is 0.127 e. The van der Waals surface area contributed by atoms with E-state index in [1.165, 1.54) is 6.07 Å². The van der Waals surface area contributed by atoms with Crippen LogP contribution in [0.4, 0.5) is 4.39 Å². The molecule has 0 saturated heterocycles. The zero-order valence-electron chi connectivity index (χ0n) is 12.2. The van der Waals surface area contributed by atoms with Gasteiger partial charge in [-0.15, -0.1) is 0 Å². The van der Waals surface area contributed by atoms with Crippen molar-refractivity contribution in [2.45, 2.75) is 25.9 Å². The molecular weight excluding hydrogens is 345 g/mol. The average Bonchev–Trinajstić information content (AvgIpc) is 2.91. The molecule has 3 aromatic rings. The maximum absolute atomic E-state index is 13.8. The van der Waals surface area contributed by atoms with Crippen LogP contribution in [-0.4, -0.2) is 16.0 Å². The highest BCUT2D eigenvalue weighted by Gasteiger charge is 2.09. The number of imidazole rings is 1. The molecule has 114 valence electrons. The van der Waals surface area contributed by atoms with E-state index in [9.17, 15) is 4.39 Å². The lowest BCUT2D eigenvalue weighted by Crippen LogP contribution is -2.28. The molecular formula is C17H17BrFN3. The van der Waals surface area contributed by atoms with Crippen LogP contribution in [0.5, 0.6) is 0 Å². The zero-order valence-corrected chi connectivity index (χ0v) is 13.8. The second kappa shape index (κ2) is 6.58. The first-order valence-electron chi connectivity index (χ1n) is 7.23. The maximum atomic E-state index is 13.8. The molecule has 1 unspecified atom stereocenters. The molecule has 5 heteroatoms. The highest BCUT2D eigenvalue weighted by atomic mass is 79.9. The van der Waals surface area contributed by atoms with Crippen LogP contribution in [0.3, 0.4) is 0 Å². The lowest BCUT2D eigenvalue weighted by molar-refractivity contribution is 0.519. The number of nitrogens with zero attached hydrogens (tertiary/aromatic N) is 1. The molecule has 3 rings (SSSR count). The first kappa shape index (κ1) is 15.2. The standard InChI is InChI=1S/C17H17BrFN3/c1-11(8-12-6-7-13(18)9-14(12)19)20-10-17-21-15-4-2-3-5-16(15)22-17/h2-7,9,11,20H,8,10H2,1H3,(H,21,22). The third kappa shape index (κ3) is 3.54. The van der Waals surface area contributed by atoms with E-state index in [1.807, 2.05) is 43.3 Å². The molecule has 1 heterocycles. The van der Waals surface area contributed by atoms with E-state index in [-0.39, 0.29) is 11.9 Å². The molecule has 1 aromatic heterocycles. The SMILES string of the molecule is CC(Cc1ccc(Br)cc1F)NCc1nc2ccccc2[nH]1. The van der Waals surface area contributed by atoms with Gasteiger partial charge in [0.1, 0.15) is 11.6 Å². The third-order valence-electron chi connectivity index (χ3n) is 3.60. The van der Waals surface area contributed by atoms with E-state index in [0.29, 0.717) is 18.5 Å². The summed E-state index contributed by atoms with van der Waals surface area (Å²) < 4.78 is 14.6. The minimum absolute atomic E-state index is 0.156. The molecule has 2 N–H and O–H groups in total. The van der Waals surface area contributed by atoms with Crippen LogP contribution in [0.2, 0.25) is 0 Å². The molecule has 22 heavy (non-hydrogen) atoms. The monoisotopic (exact) mass is 361 g/mol. The Kier molecular flexibility index (Phi) is 4.55. The highest BCUT2D eigenvalue weighted by Crippen LogP contribution is 2.17. The third-order valence-corrected chi connectivity index (χ3v) is 4.09. The number of nitrogens with one attached hydrogen (secondary N) is 2. The molecule has 0 fully saturated rings. The number of fused-ring (bicyclic) bond motifs is 1. The predicted octanol–water partition coefficient (Wildman–Crippen LogP) is 4.19. The van der Waals surface area contributed by atoms with Crippen LogP contribution in [0, 0.1) is 5.82 Å². The number of benzene rings is 2. The van der Waals surface area contributed by atoms with Gasteiger partial charge in [0.05, 0.1) is 17.6 Å². The van der Waals surface area contributed by atoms with Crippen molar-refractivity contribution >= 4 is 27.0 Å². The minimum atomic E-state index is -0.174. The van der Waals surface area contributed by atoms with Crippen molar-refractivity contribution in [1.82, 2.24) is 15.3 Å². The molecule has 0 amide bonds. The fourth-order valence-electron chi connectivity index (χ4n) is 2.45. The molecule has 1 atom stereocenters. The van der Waals surface area contributed by atoms with Crippen molar-refractivity contribution in [3.8, 4) is 0 Å². The van der Waals surface area contributed by atoms with E-state index in [1.54, 1.807) is 0 Å². The largest absolute Gasteiger partial charge is 0.341 e. The van der Waals surface area contributed by atoms with Gasteiger partial charge in [-0.3, -0.25) is 0 Å². The van der Waals surface area contributed by atoms with Crippen LogP contribution in [0.1, 0.15) is 18.3 Å².